The minimum absolute atomic E-state index is 0.244. The number of esters is 1. The predicted octanol–water partition coefficient (Wildman–Crippen LogP) is 5.05. The van der Waals surface area contributed by atoms with Gasteiger partial charge >= 0.3 is 5.97 Å². The van der Waals surface area contributed by atoms with Gasteiger partial charge in [-0.25, -0.2) is 9.78 Å². The zero-order valence-corrected chi connectivity index (χ0v) is 21.4. The van der Waals surface area contributed by atoms with Crippen molar-refractivity contribution in [2.75, 3.05) is 19.8 Å². The Labute approximate surface area is 216 Å². The van der Waals surface area contributed by atoms with Gasteiger partial charge in [0.05, 0.1) is 30.3 Å². The molecule has 1 heterocycles. The lowest BCUT2D eigenvalue weighted by Crippen LogP contribution is -2.20. The maximum Gasteiger partial charge on any atom is 0.344 e. The molecule has 8 nitrogen and oxygen atoms in total. The number of benzene rings is 3. The Kier molecular flexibility index (Phi) is 8.12. The molecule has 0 aliphatic carbocycles. The van der Waals surface area contributed by atoms with Gasteiger partial charge in [0.15, 0.2) is 23.9 Å². The van der Waals surface area contributed by atoms with Crippen molar-refractivity contribution in [3.63, 3.8) is 0 Å². The number of hydrogen-bond acceptors (Lipinski definition) is 7. The second-order valence-corrected chi connectivity index (χ2v) is 8.38. The van der Waals surface area contributed by atoms with Crippen LogP contribution in [-0.2, 0) is 9.53 Å². The summed E-state index contributed by atoms with van der Waals surface area (Å²) in [5, 5.41) is 4.97. The molecule has 0 bridgehead atoms. The highest BCUT2D eigenvalue weighted by Gasteiger charge is 2.14. The standard InChI is InChI=1S/C27H24BrN3O5/c1-3-34-23-14-19(21(28)15-24(23)36-17-25(32)35-4-2)16-29-31-26(18-10-6-5-7-11-18)30-22-13-9-8-12-20(22)27(31)33/h5-16H,3-4,17H2,1-2H3. The van der Waals surface area contributed by atoms with Crippen molar-refractivity contribution in [1.82, 2.24) is 9.66 Å². The molecule has 36 heavy (non-hydrogen) atoms. The zero-order chi connectivity index (χ0) is 25.5. The molecule has 0 saturated heterocycles. The van der Waals surface area contributed by atoms with Crippen LogP contribution in [0.25, 0.3) is 22.3 Å². The molecule has 0 radical (unpaired) electrons. The van der Waals surface area contributed by atoms with Crippen LogP contribution in [0.4, 0.5) is 0 Å². The third-order valence-electron chi connectivity index (χ3n) is 5.11. The van der Waals surface area contributed by atoms with Gasteiger partial charge in [-0.3, -0.25) is 4.79 Å². The molecule has 0 spiro atoms. The number of rotatable bonds is 9. The lowest BCUT2D eigenvalue weighted by atomic mass is 10.2. The van der Waals surface area contributed by atoms with Gasteiger partial charge in [0.25, 0.3) is 5.56 Å². The highest BCUT2D eigenvalue weighted by Crippen LogP contribution is 2.33. The molecule has 0 aliphatic heterocycles. The molecular weight excluding hydrogens is 526 g/mol. The van der Waals surface area contributed by atoms with Crippen LogP contribution in [0.15, 0.2) is 81.1 Å². The quantitative estimate of drug-likeness (QED) is 0.214. The number of hydrogen-bond donors (Lipinski definition) is 0. The van der Waals surface area contributed by atoms with E-state index < -0.39 is 5.97 Å². The average molecular weight is 550 g/mol. The molecule has 0 N–H and O–H groups in total. The van der Waals surface area contributed by atoms with Crippen molar-refractivity contribution in [2.45, 2.75) is 13.8 Å². The Morgan fingerprint density at radius 3 is 2.47 bits per heavy atom. The smallest absolute Gasteiger partial charge is 0.344 e. The van der Waals surface area contributed by atoms with E-state index in [1.165, 1.54) is 4.68 Å². The van der Waals surface area contributed by atoms with Crippen LogP contribution in [0.5, 0.6) is 11.5 Å². The Balaban J connectivity index is 1.76. The Morgan fingerprint density at radius 2 is 1.72 bits per heavy atom. The highest BCUT2D eigenvalue weighted by molar-refractivity contribution is 9.10. The van der Waals surface area contributed by atoms with E-state index in [-0.39, 0.29) is 18.8 Å². The highest BCUT2D eigenvalue weighted by atomic mass is 79.9. The van der Waals surface area contributed by atoms with E-state index in [1.54, 1.807) is 43.5 Å². The summed E-state index contributed by atoms with van der Waals surface area (Å²) < 4.78 is 18.2. The van der Waals surface area contributed by atoms with Crippen LogP contribution in [-0.4, -0.2) is 41.7 Å². The summed E-state index contributed by atoms with van der Waals surface area (Å²) in [6.07, 6.45) is 1.55. The third-order valence-corrected chi connectivity index (χ3v) is 5.80. The van der Waals surface area contributed by atoms with E-state index in [0.717, 1.165) is 5.56 Å². The number of aromatic nitrogens is 2. The first-order valence-electron chi connectivity index (χ1n) is 11.4. The fraction of sp³-hybridized carbons (Fsp3) is 0.185. The Bertz CT molecular complexity index is 1470. The molecule has 4 rings (SSSR count). The maximum atomic E-state index is 13.4. The van der Waals surface area contributed by atoms with E-state index in [1.807, 2.05) is 43.3 Å². The van der Waals surface area contributed by atoms with Crippen molar-refractivity contribution in [3.8, 4) is 22.9 Å². The second kappa shape index (κ2) is 11.6. The fourth-order valence-corrected chi connectivity index (χ4v) is 3.92. The third kappa shape index (κ3) is 5.63. The van der Waals surface area contributed by atoms with Crippen LogP contribution in [0.1, 0.15) is 19.4 Å². The molecule has 9 heteroatoms. The van der Waals surface area contributed by atoms with Gasteiger partial charge in [-0.1, -0.05) is 42.5 Å². The van der Waals surface area contributed by atoms with E-state index in [0.29, 0.717) is 44.9 Å². The van der Waals surface area contributed by atoms with E-state index in [4.69, 9.17) is 19.2 Å². The van der Waals surface area contributed by atoms with Gasteiger partial charge in [-0.15, -0.1) is 0 Å². The van der Waals surface area contributed by atoms with Crippen molar-refractivity contribution in [1.29, 1.82) is 0 Å². The van der Waals surface area contributed by atoms with Crippen molar-refractivity contribution in [3.05, 3.63) is 87.1 Å². The monoisotopic (exact) mass is 549 g/mol. The Hall–Kier alpha value is -3.98. The SMILES string of the molecule is CCOC(=O)COc1cc(Br)c(C=Nn2c(-c3ccccc3)nc3ccccc3c2=O)cc1OCC. The first kappa shape index (κ1) is 25.1. The van der Waals surface area contributed by atoms with Gasteiger partial charge < -0.3 is 14.2 Å². The van der Waals surface area contributed by atoms with E-state index in [9.17, 15) is 9.59 Å². The van der Waals surface area contributed by atoms with Crippen LogP contribution < -0.4 is 15.0 Å². The molecule has 0 unspecified atom stereocenters. The number of halogens is 1. The number of para-hydroxylation sites is 1. The number of fused-ring (bicyclic) bond motifs is 1. The maximum absolute atomic E-state index is 13.4. The first-order chi connectivity index (χ1) is 17.5. The molecule has 0 amide bonds. The van der Waals surface area contributed by atoms with E-state index >= 15 is 0 Å². The van der Waals surface area contributed by atoms with Crippen molar-refractivity contribution < 1.29 is 19.0 Å². The lowest BCUT2D eigenvalue weighted by molar-refractivity contribution is -0.145. The minimum atomic E-state index is -0.474. The molecule has 3 aromatic carbocycles. The molecule has 1 aromatic heterocycles. The van der Waals surface area contributed by atoms with Gasteiger partial charge in [0, 0.05) is 15.6 Å². The van der Waals surface area contributed by atoms with Gasteiger partial charge in [-0.05, 0) is 54.0 Å². The van der Waals surface area contributed by atoms with Gasteiger partial charge in [-0.2, -0.15) is 9.78 Å². The zero-order valence-electron chi connectivity index (χ0n) is 19.8. The summed E-state index contributed by atoms with van der Waals surface area (Å²) in [4.78, 5) is 29.8. The Morgan fingerprint density at radius 1 is 1.00 bits per heavy atom. The van der Waals surface area contributed by atoms with Crippen molar-refractivity contribution >= 4 is 39.0 Å². The van der Waals surface area contributed by atoms with Crippen LogP contribution in [0.3, 0.4) is 0 Å². The molecule has 0 atom stereocenters. The molecular formula is C27H24BrN3O5. The van der Waals surface area contributed by atoms with Gasteiger partial charge in [0.2, 0.25) is 0 Å². The summed E-state index contributed by atoms with van der Waals surface area (Å²) in [7, 11) is 0. The largest absolute Gasteiger partial charge is 0.490 e. The minimum Gasteiger partial charge on any atom is -0.490 e. The van der Waals surface area contributed by atoms with Crippen LogP contribution >= 0.6 is 15.9 Å². The second-order valence-electron chi connectivity index (χ2n) is 7.53. The van der Waals surface area contributed by atoms with E-state index in [2.05, 4.69) is 21.0 Å². The van der Waals surface area contributed by atoms with Crippen LogP contribution in [0, 0.1) is 0 Å². The summed E-state index contributed by atoms with van der Waals surface area (Å²) >= 11 is 3.52. The van der Waals surface area contributed by atoms with Crippen molar-refractivity contribution in [2.24, 2.45) is 5.10 Å². The average Bonchev–Trinajstić information content (AvgIpc) is 2.89. The molecule has 0 saturated carbocycles. The fourth-order valence-electron chi connectivity index (χ4n) is 3.50. The van der Waals surface area contributed by atoms with Gasteiger partial charge in [0.1, 0.15) is 0 Å². The summed E-state index contributed by atoms with van der Waals surface area (Å²) in [6.45, 7) is 3.99. The number of ether oxygens (including phenoxy) is 3. The van der Waals surface area contributed by atoms with Crippen LogP contribution in [0.2, 0.25) is 0 Å². The summed E-state index contributed by atoms with van der Waals surface area (Å²) in [6, 6.07) is 20.0. The first-order valence-corrected chi connectivity index (χ1v) is 12.2. The molecule has 184 valence electrons. The number of carbonyl (C=O) groups is 1. The lowest BCUT2D eigenvalue weighted by Gasteiger charge is -2.14. The molecule has 0 aliphatic rings. The molecule has 0 fully saturated rings. The predicted molar refractivity (Wildman–Crippen MR) is 142 cm³/mol. The normalized spacial score (nSPS) is 11.1. The number of carbonyl (C=O) groups excluding carboxylic acids is 1. The topological polar surface area (TPSA) is 92.0 Å². The molecule has 4 aromatic rings. The number of nitrogens with zero attached hydrogens (tertiary/aromatic N) is 3. The summed E-state index contributed by atoms with van der Waals surface area (Å²) in [5.41, 5.74) is 1.71. The summed E-state index contributed by atoms with van der Waals surface area (Å²) in [5.74, 6) is 0.756.